The van der Waals surface area contributed by atoms with Gasteiger partial charge in [0.15, 0.2) is 0 Å². The molecule has 0 aliphatic carbocycles. The molecule has 2 aliphatic rings. The Kier molecular flexibility index (Phi) is 6.27. The van der Waals surface area contributed by atoms with E-state index in [0.29, 0.717) is 19.7 Å². The Morgan fingerprint density at radius 1 is 1.11 bits per heavy atom. The molecule has 4 nitrogen and oxygen atoms in total. The van der Waals surface area contributed by atoms with Crippen LogP contribution < -0.4 is 5.32 Å². The highest BCUT2D eigenvalue weighted by Gasteiger charge is 2.43. The zero-order valence-electron chi connectivity index (χ0n) is 16.0. The third-order valence-electron chi connectivity index (χ3n) is 5.37. The molecule has 1 spiro atoms. The molecule has 0 atom stereocenters. The summed E-state index contributed by atoms with van der Waals surface area (Å²) in [4.78, 5) is 14.2. The summed E-state index contributed by atoms with van der Waals surface area (Å²) in [6.45, 7) is 6.63. The number of amides is 1. The number of hydrogen-bond donors (Lipinski definition) is 1. The van der Waals surface area contributed by atoms with Gasteiger partial charge >= 0.3 is 6.09 Å². The van der Waals surface area contributed by atoms with Gasteiger partial charge in [-0.1, -0.05) is 67.9 Å². The number of rotatable bonds is 2. The van der Waals surface area contributed by atoms with Gasteiger partial charge in [0.1, 0.15) is 6.61 Å². The molecule has 1 fully saturated rings. The molecule has 4 rings (SSSR count). The topological polar surface area (TPSA) is 41.6 Å². The minimum Gasteiger partial charge on any atom is -0.445 e. The SMILES string of the molecule is CC.O=C(OCc1ccccc1)N1CCC2(CC1)CNc1c(Cl)cccc12. The van der Waals surface area contributed by atoms with Gasteiger partial charge in [0.05, 0.1) is 10.7 Å². The summed E-state index contributed by atoms with van der Waals surface area (Å²) < 4.78 is 5.46. The lowest BCUT2D eigenvalue weighted by atomic mass is 9.74. The van der Waals surface area contributed by atoms with Crippen molar-refractivity contribution in [1.29, 1.82) is 0 Å². The van der Waals surface area contributed by atoms with Crippen LogP contribution in [-0.2, 0) is 16.8 Å². The quantitative estimate of drug-likeness (QED) is 0.744. The Morgan fingerprint density at radius 2 is 1.81 bits per heavy atom. The molecule has 0 radical (unpaired) electrons. The van der Waals surface area contributed by atoms with Crippen molar-refractivity contribution in [3.05, 3.63) is 64.7 Å². The minimum atomic E-state index is -0.226. The standard InChI is InChI=1S/C20H21ClN2O2.C2H6/c21-17-8-4-7-16-18(17)22-14-20(16)9-11-23(12-10-20)19(24)25-13-15-5-2-1-3-6-15;1-2/h1-8,22H,9-14H2;1-2H3. The number of anilines is 1. The van der Waals surface area contributed by atoms with Crippen molar-refractivity contribution in [2.45, 2.75) is 38.7 Å². The summed E-state index contributed by atoms with van der Waals surface area (Å²) in [6.07, 6.45) is 1.62. The molecule has 0 saturated carbocycles. The van der Waals surface area contributed by atoms with Gasteiger partial charge in [0, 0.05) is 25.0 Å². The van der Waals surface area contributed by atoms with Crippen LogP contribution in [0.2, 0.25) is 5.02 Å². The van der Waals surface area contributed by atoms with Gasteiger partial charge in [-0.3, -0.25) is 0 Å². The van der Waals surface area contributed by atoms with Crippen LogP contribution in [0, 0.1) is 0 Å². The molecular formula is C22H27ClN2O2. The van der Waals surface area contributed by atoms with Crippen LogP contribution in [0.1, 0.15) is 37.8 Å². The van der Waals surface area contributed by atoms with E-state index in [1.807, 2.05) is 61.2 Å². The zero-order chi connectivity index (χ0) is 19.3. The molecule has 144 valence electrons. The predicted molar refractivity (Wildman–Crippen MR) is 110 cm³/mol. The molecule has 0 bridgehead atoms. The monoisotopic (exact) mass is 386 g/mol. The molecule has 1 saturated heterocycles. The van der Waals surface area contributed by atoms with Gasteiger partial charge in [0.25, 0.3) is 0 Å². The summed E-state index contributed by atoms with van der Waals surface area (Å²) >= 11 is 6.30. The van der Waals surface area contributed by atoms with Crippen molar-refractivity contribution in [3.63, 3.8) is 0 Å². The van der Waals surface area contributed by atoms with Gasteiger partial charge in [-0.2, -0.15) is 0 Å². The molecule has 5 heteroatoms. The maximum Gasteiger partial charge on any atom is 0.410 e. The normalized spacial score (nSPS) is 16.8. The lowest BCUT2D eigenvalue weighted by Crippen LogP contribution is -2.46. The summed E-state index contributed by atoms with van der Waals surface area (Å²) in [5.41, 5.74) is 3.44. The van der Waals surface area contributed by atoms with Crippen LogP contribution in [0.4, 0.5) is 10.5 Å². The average molecular weight is 387 g/mol. The molecule has 1 amide bonds. The number of nitrogens with one attached hydrogen (secondary N) is 1. The van der Waals surface area contributed by atoms with E-state index in [1.54, 1.807) is 0 Å². The van der Waals surface area contributed by atoms with Crippen molar-refractivity contribution < 1.29 is 9.53 Å². The van der Waals surface area contributed by atoms with Crippen molar-refractivity contribution in [3.8, 4) is 0 Å². The smallest absolute Gasteiger partial charge is 0.410 e. The molecule has 27 heavy (non-hydrogen) atoms. The second kappa shape index (κ2) is 8.66. The average Bonchev–Trinajstić information content (AvgIpc) is 3.08. The number of para-hydroxylation sites is 1. The fourth-order valence-electron chi connectivity index (χ4n) is 3.87. The van der Waals surface area contributed by atoms with Gasteiger partial charge in [-0.25, -0.2) is 4.79 Å². The first-order valence-electron chi connectivity index (χ1n) is 9.66. The number of likely N-dealkylation sites (tertiary alicyclic amines) is 1. The lowest BCUT2D eigenvalue weighted by Gasteiger charge is -2.38. The van der Waals surface area contributed by atoms with Crippen molar-refractivity contribution in [2.75, 3.05) is 25.0 Å². The Bertz CT molecular complexity index is 771. The highest BCUT2D eigenvalue weighted by atomic mass is 35.5. The number of piperidine rings is 1. The Hall–Kier alpha value is -2.20. The number of carbonyl (C=O) groups excluding carboxylic acids is 1. The fraction of sp³-hybridized carbons (Fsp3) is 0.409. The summed E-state index contributed by atoms with van der Waals surface area (Å²) in [5, 5.41) is 4.23. The summed E-state index contributed by atoms with van der Waals surface area (Å²) in [6, 6.07) is 15.9. The number of hydrogen-bond acceptors (Lipinski definition) is 3. The van der Waals surface area contributed by atoms with Crippen LogP contribution in [0.3, 0.4) is 0 Å². The number of benzene rings is 2. The van der Waals surface area contributed by atoms with E-state index >= 15 is 0 Å². The largest absolute Gasteiger partial charge is 0.445 e. The zero-order valence-corrected chi connectivity index (χ0v) is 16.8. The van der Waals surface area contributed by atoms with Crippen LogP contribution in [0.15, 0.2) is 48.5 Å². The van der Waals surface area contributed by atoms with Crippen LogP contribution >= 0.6 is 11.6 Å². The third kappa shape index (κ3) is 4.06. The second-order valence-corrected chi connectivity index (χ2v) is 7.23. The molecule has 2 aromatic rings. The van der Waals surface area contributed by atoms with Gasteiger partial charge in [0.2, 0.25) is 0 Å². The van der Waals surface area contributed by atoms with Crippen LogP contribution in [-0.4, -0.2) is 30.6 Å². The Balaban J connectivity index is 0.00000102. The summed E-state index contributed by atoms with van der Waals surface area (Å²) in [5.74, 6) is 0. The molecule has 0 unspecified atom stereocenters. The number of carbonyl (C=O) groups is 1. The number of fused-ring (bicyclic) bond motifs is 2. The fourth-order valence-corrected chi connectivity index (χ4v) is 4.11. The number of nitrogens with zero attached hydrogens (tertiary/aromatic N) is 1. The number of ether oxygens (including phenoxy) is 1. The first-order valence-corrected chi connectivity index (χ1v) is 10.0. The van der Waals surface area contributed by atoms with E-state index in [0.717, 1.165) is 35.7 Å². The molecule has 2 heterocycles. The minimum absolute atomic E-state index is 0.0798. The van der Waals surface area contributed by atoms with E-state index < -0.39 is 0 Å². The molecule has 0 aromatic heterocycles. The Morgan fingerprint density at radius 3 is 2.52 bits per heavy atom. The van der Waals surface area contributed by atoms with E-state index in [1.165, 1.54) is 5.56 Å². The van der Waals surface area contributed by atoms with Gasteiger partial charge < -0.3 is 15.0 Å². The first kappa shape index (κ1) is 19.6. The van der Waals surface area contributed by atoms with E-state index in [2.05, 4.69) is 11.4 Å². The highest BCUT2D eigenvalue weighted by molar-refractivity contribution is 6.33. The lowest BCUT2D eigenvalue weighted by molar-refractivity contribution is 0.0794. The van der Waals surface area contributed by atoms with E-state index in [-0.39, 0.29) is 11.5 Å². The van der Waals surface area contributed by atoms with Crippen molar-refractivity contribution in [1.82, 2.24) is 4.90 Å². The van der Waals surface area contributed by atoms with Gasteiger partial charge in [-0.05, 0) is 30.0 Å². The third-order valence-corrected chi connectivity index (χ3v) is 5.69. The maximum atomic E-state index is 12.3. The maximum absolute atomic E-state index is 12.3. The Labute approximate surface area is 166 Å². The molecule has 2 aliphatic heterocycles. The van der Waals surface area contributed by atoms with Gasteiger partial charge in [-0.15, -0.1) is 0 Å². The number of halogens is 1. The molecule has 2 aromatic carbocycles. The first-order chi connectivity index (χ1) is 13.2. The van der Waals surface area contributed by atoms with Crippen molar-refractivity contribution in [2.24, 2.45) is 0 Å². The highest BCUT2D eigenvalue weighted by Crippen LogP contribution is 2.46. The summed E-state index contributed by atoms with van der Waals surface area (Å²) in [7, 11) is 0. The van der Waals surface area contributed by atoms with E-state index in [9.17, 15) is 4.79 Å². The molecule has 1 N–H and O–H groups in total. The predicted octanol–water partition coefficient (Wildman–Crippen LogP) is 5.46. The second-order valence-electron chi connectivity index (χ2n) is 6.82. The van der Waals surface area contributed by atoms with Crippen LogP contribution in [0.5, 0.6) is 0 Å². The van der Waals surface area contributed by atoms with E-state index in [4.69, 9.17) is 16.3 Å². The van der Waals surface area contributed by atoms with Crippen LogP contribution in [0.25, 0.3) is 0 Å². The van der Waals surface area contributed by atoms with Crippen molar-refractivity contribution >= 4 is 23.4 Å². The molecular weight excluding hydrogens is 360 g/mol.